The van der Waals surface area contributed by atoms with Crippen molar-refractivity contribution in [3.63, 3.8) is 0 Å². The number of carbonyl (C=O) groups excluding carboxylic acids is 2. The summed E-state index contributed by atoms with van der Waals surface area (Å²) in [4.78, 5) is 27.7. The van der Waals surface area contributed by atoms with Crippen LogP contribution in [0.25, 0.3) is 0 Å². The van der Waals surface area contributed by atoms with Crippen molar-refractivity contribution in [2.75, 3.05) is 20.1 Å². The van der Waals surface area contributed by atoms with Crippen LogP contribution in [0.2, 0.25) is 0 Å². The lowest BCUT2D eigenvalue weighted by atomic mass is 10.1. The van der Waals surface area contributed by atoms with Gasteiger partial charge < -0.3 is 5.32 Å². The number of likely N-dealkylation sites (N-methyl/N-ethyl adjacent to an activating group) is 1. The largest absolute Gasteiger partial charge is 0.325 e. The van der Waals surface area contributed by atoms with Crippen LogP contribution < -0.4 is 5.32 Å². The first-order valence-corrected chi connectivity index (χ1v) is 7.82. The van der Waals surface area contributed by atoms with E-state index in [0.717, 1.165) is 12.8 Å². The molecule has 0 spiro atoms. The van der Waals surface area contributed by atoms with Gasteiger partial charge in [0.2, 0.25) is 0 Å². The molecule has 1 aromatic carbocycles. The molecule has 1 N–H and O–H groups in total. The van der Waals surface area contributed by atoms with Crippen LogP contribution in [0, 0.1) is 0 Å². The van der Waals surface area contributed by atoms with Crippen LogP contribution in [-0.2, 0) is 11.2 Å². The van der Waals surface area contributed by atoms with E-state index in [2.05, 4.69) is 41.5 Å². The number of aryl methyl sites for hydroxylation is 1. The van der Waals surface area contributed by atoms with E-state index >= 15 is 0 Å². The molecule has 118 valence electrons. The highest BCUT2D eigenvalue weighted by atomic mass is 16.2. The fourth-order valence-corrected chi connectivity index (χ4v) is 3.43. The number of urea groups is 1. The van der Waals surface area contributed by atoms with E-state index in [9.17, 15) is 9.59 Å². The number of nitrogens with one attached hydrogen (secondary N) is 1. The van der Waals surface area contributed by atoms with Gasteiger partial charge in [0, 0.05) is 19.1 Å². The predicted molar refractivity (Wildman–Crippen MR) is 84.5 cm³/mol. The first-order valence-electron chi connectivity index (χ1n) is 7.82. The van der Waals surface area contributed by atoms with Crippen molar-refractivity contribution in [1.29, 1.82) is 0 Å². The van der Waals surface area contributed by atoms with E-state index < -0.39 is 5.54 Å². The van der Waals surface area contributed by atoms with Gasteiger partial charge in [-0.15, -0.1) is 0 Å². The number of benzene rings is 1. The van der Waals surface area contributed by atoms with Crippen molar-refractivity contribution in [1.82, 2.24) is 15.1 Å². The Morgan fingerprint density at radius 1 is 1.32 bits per heavy atom. The molecular formula is C17H23N3O2. The standard InChI is InChI=1S/C17H23N3O2/c1-17(2)15(21)20(16(22)18-17)11-10-19(3)14-9-8-12-6-4-5-7-13(12)14/h4-7,14H,8-11H2,1-3H3,(H,18,22)/t14-/m0/s1. The SMILES string of the molecule is CN(CCN1C(=O)NC(C)(C)C1=O)[C@H]1CCc2ccccc21. The third-order valence-electron chi connectivity index (χ3n) is 4.75. The van der Waals surface area contributed by atoms with Crippen molar-refractivity contribution in [2.24, 2.45) is 0 Å². The monoisotopic (exact) mass is 301 g/mol. The maximum absolute atomic E-state index is 12.2. The number of carbonyl (C=O) groups is 2. The molecule has 0 unspecified atom stereocenters. The first kappa shape index (κ1) is 15.0. The smallest absolute Gasteiger partial charge is 0.324 e. The molecule has 1 saturated heterocycles. The molecule has 3 amide bonds. The zero-order valence-corrected chi connectivity index (χ0v) is 13.4. The van der Waals surface area contributed by atoms with Crippen molar-refractivity contribution in [3.05, 3.63) is 35.4 Å². The molecule has 22 heavy (non-hydrogen) atoms. The maximum atomic E-state index is 12.2. The number of imide groups is 1. The van der Waals surface area contributed by atoms with Gasteiger partial charge in [0.05, 0.1) is 0 Å². The average molecular weight is 301 g/mol. The third-order valence-corrected chi connectivity index (χ3v) is 4.75. The van der Waals surface area contributed by atoms with Gasteiger partial charge in [-0.25, -0.2) is 4.79 Å². The van der Waals surface area contributed by atoms with E-state index in [-0.39, 0.29) is 11.9 Å². The number of fused-ring (bicyclic) bond motifs is 1. The summed E-state index contributed by atoms with van der Waals surface area (Å²) in [6, 6.07) is 8.62. The highest BCUT2D eigenvalue weighted by molar-refractivity contribution is 6.06. The Kier molecular flexibility index (Phi) is 3.68. The van der Waals surface area contributed by atoms with Crippen molar-refractivity contribution in [3.8, 4) is 0 Å². The molecule has 1 aliphatic heterocycles. The Morgan fingerprint density at radius 3 is 2.73 bits per heavy atom. The van der Waals surface area contributed by atoms with Crippen molar-refractivity contribution in [2.45, 2.75) is 38.3 Å². The lowest BCUT2D eigenvalue weighted by Crippen LogP contribution is -2.41. The predicted octanol–water partition coefficient (Wildman–Crippen LogP) is 1.94. The highest BCUT2D eigenvalue weighted by Gasteiger charge is 2.44. The van der Waals surface area contributed by atoms with E-state index in [1.54, 1.807) is 13.8 Å². The van der Waals surface area contributed by atoms with E-state index in [0.29, 0.717) is 19.1 Å². The minimum absolute atomic E-state index is 0.141. The summed E-state index contributed by atoms with van der Waals surface area (Å²) in [6.07, 6.45) is 2.20. The van der Waals surface area contributed by atoms with Gasteiger partial charge in [-0.05, 0) is 44.9 Å². The van der Waals surface area contributed by atoms with Gasteiger partial charge in [0.1, 0.15) is 5.54 Å². The summed E-state index contributed by atoms with van der Waals surface area (Å²) in [5.74, 6) is -0.141. The average Bonchev–Trinajstić information content (AvgIpc) is 2.97. The number of rotatable bonds is 4. The van der Waals surface area contributed by atoms with Crippen LogP contribution in [0.4, 0.5) is 4.79 Å². The Labute approximate surface area is 131 Å². The molecule has 1 aliphatic carbocycles. The van der Waals surface area contributed by atoms with Crippen LogP contribution in [0.15, 0.2) is 24.3 Å². The van der Waals surface area contributed by atoms with Gasteiger partial charge >= 0.3 is 6.03 Å². The van der Waals surface area contributed by atoms with Crippen LogP contribution >= 0.6 is 0 Å². The summed E-state index contributed by atoms with van der Waals surface area (Å²) in [5, 5.41) is 2.72. The first-order chi connectivity index (χ1) is 10.4. The number of amides is 3. The molecule has 0 saturated carbocycles. The molecule has 1 fully saturated rings. The fourth-order valence-electron chi connectivity index (χ4n) is 3.43. The summed E-state index contributed by atoms with van der Waals surface area (Å²) < 4.78 is 0. The zero-order chi connectivity index (χ0) is 15.9. The normalized spacial score (nSPS) is 23.1. The molecule has 0 bridgehead atoms. The minimum Gasteiger partial charge on any atom is -0.324 e. The summed E-state index contributed by atoms with van der Waals surface area (Å²) in [5.41, 5.74) is 2.01. The Bertz CT molecular complexity index is 612. The van der Waals surface area contributed by atoms with Gasteiger partial charge in [-0.3, -0.25) is 14.6 Å². The lowest BCUT2D eigenvalue weighted by Gasteiger charge is -2.27. The quantitative estimate of drug-likeness (QED) is 0.865. The van der Waals surface area contributed by atoms with E-state index in [1.165, 1.54) is 16.0 Å². The van der Waals surface area contributed by atoms with Crippen LogP contribution in [-0.4, -0.2) is 47.4 Å². The van der Waals surface area contributed by atoms with Crippen molar-refractivity contribution < 1.29 is 9.59 Å². The minimum atomic E-state index is -0.782. The van der Waals surface area contributed by atoms with Gasteiger partial charge in [-0.2, -0.15) is 0 Å². The van der Waals surface area contributed by atoms with Gasteiger partial charge in [0.25, 0.3) is 5.91 Å². The van der Waals surface area contributed by atoms with Crippen LogP contribution in [0.1, 0.15) is 37.4 Å². The molecule has 2 aliphatic rings. The summed E-state index contributed by atoms with van der Waals surface area (Å²) >= 11 is 0. The highest BCUT2D eigenvalue weighted by Crippen LogP contribution is 2.34. The van der Waals surface area contributed by atoms with E-state index in [1.807, 2.05) is 0 Å². The Balaban J connectivity index is 1.63. The molecule has 0 aromatic heterocycles. The number of nitrogens with zero attached hydrogens (tertiary/aromatic N) is 2. The second kappa shape index (κ2) is 5.39. The molecular weight excluding hydrogens is 278 g/mol. The molecule has 0 radical (unpaired) electrons. The zero-order valence-electron chi connectivity index (χ0n) is 13.4. The second-order valence-electron chi connectivity index (χ2n) is 6.75. The lowest BCUT2D eigenvalue weighted by molar-refractivity contribution is -0.130. The molecule has 5 nitrogen and oxygen atoms in total. The Morgan fingerprint density at radius 2 is 2.05 bits per heavy atom. The molecule has 1 aromatic rings. The number of hydrogen-bond donors (Lipinski definition) is 1. The molecule has 1 atom stereocenters. The number of hydrogen-bond acceptors (Lipinski definition) is 3. The third kappa shape index (κ3) is 2.50. The van der Waals surface area contributed by atoms with Gasteiger partial charge in [-0.1, -0.05) is 24.3 Å². The fraction of sp³-hybridized carbons (Fsp3) is 0.529. The summed E-state index contributed by atoms with van der Waals surface area (Å²) in [6.45, 7) is 4.60. The topological polar surface area (TPSA) is 52.6 Å². The molecule has 5 heteroatoms. The van der Waals surface area contributed by atoms with Crippen LogP contribution in [0.5, 0.6) is 0 Å². The second-order valence-corrected chi connectivity index (χ2v) is 6.75. The molecule has 1 heterocycles. The van der Waals surface area contributed by atoms with Crippen LogP contribution in [0.3, 0.4) is 0 Å². The summed E-state index contributed by atoms with van der Waals surface area (Å²) in [7, 11) is 2.07. The van der Waals surface area contributed by atoms with Gasteiger partial charge in [0.15, 0.2) is 0 Å². The van der Waals surface area contributed by atoms with Crippen molar-refractivity contribution >= 4 is 11.9 Å². The maximum Gasteiger partial charge on any atom is 0.325 e. The van der Waals surface area contributed by atoms with E-state index in [4.69, 9.17) is 0 Å². The Hall–Kier alpha value is -1.88. The molecule has 3 rings (SSSR count).